The van der Waals surface area contributed by atoms with Gasteiger partial charge in [0.1, 0.15) is 0 Å². The summed E-state index contributed by atoms with van der Waals surface area (Å²) in [6.45, 7) is 10.9. The van der Waals surface area contributed by atoms with Gasteiger partial charge in [0.05, 0.1) is 0 Å². The monoisotopic (exact) mass is 259 g/mol. The fourth-order valence-electron chi connectivity index (χ4n) is 1.41. The summed E-state index contributed by atoms with van der Waals surface area (Å²) in [6.07, 6.45) is 4.58. The zero-order valence-corrected chi connectivity index (χ0v) is 13.1. The van der Waals surface area contributed by atoms with E-state index >= 15 is 0 Å². The van der Waals surface area contributed by atoms with E-state index in [1.807, 2.05) is 18.8 Å². The second-order valence-electron chi connectivity index (χ2n) is 4.95. The molecule has 0 rings (SSSR count). The van der Waals surface area contributed by atoms with Crippen molar-refractivity contribution in [2.45, 2.75) is 45.3 Å². The number of hydrogen-bond donors (Lipinski definition) is 2. The average Bonchev–Trinajstić information content (AvgIpc) is 2.34. The summed E-state index contributed by atoms with van der Waals surface area (Å²) in [7, 11) is 1.83. The lowest BCUT2D eigenvalue weighted by atomic mass is 10.0. The highest BCUT2D eigenvalue weighted by atomic mass is 32.2. The first-order chi connectivity index (χ1) is 7.99. The summed E-state index contributed by atoms with van der Waals surface area (Å²) >= 11 is 1.87. The molecule has 0 aliphatic rings. The lowest BCUT2D eigenvalue weighted by molar-refractivity contribution is 0.480. The largest absolute Gasteiger partial charge is 0.356 e. The van der Waals surface area contributed by atoms with E-state index in [1.165, 1.54) is 12.8 Å². The van der Waals surface area contributed by atoms with Crippen molar-refractivity contribution in [3.63, 3.8) is 0 Å². The number of guanidine groups is 1. The van der Waals surface area contributed by atoms with E-state index in [1.54, 1.807) is 0 Å². The zero-order chi connectivity index (χ0) is 13.3. The summed E-state index contributed by atoms with van der Waals surface area (Å²) in [6, 6.07) is 0. The minimum Gasteiger partial charge on any atom is -0.356 e. The van der Waals surface area contributed by atoms with E-state index in [0.717, 1.165) is 25.0 Å². The summed E-state index contributed by atoms with van der Waals surface area (Å²) in [5.41, 5.74) is 0. The Hall–Kier alpha value is -0.380. The third-order valence-electron chi connectivity index (χ3n) is 3.17. The highest BCUT2D eigenvalue weighted by molar-refractivity contribution is 7.99. The number of nitrogens with one attached hydrogen (secondary N) is 2. The maximum Gasteiger partial charge on any atom is 0.191 e. The minimum absolute atomic E-state index is 0.243. The number of hydrogen-bond acceptors (Lipinski definition) is 2. The third-order valence-corrected chi connectivity index (χ3v) is 4.42. The van der Waals surface area contributed by atoms with Gasteiger partial charge >= 0.3 is 0 Å². The van der Waals surface area contributed by atoms with E-state index in [-0.39, 0.29) is 4.75 Å². The van der Waals surface area contributed by atoms with Crippen molar-refractivity contribution >= 4 is 17.7 Å². The van der Waals surface area contributed by atoms with Gasteiger partial charge in [0.15, 0.2) is 5.96 Å². The molecule has 0 aliphatic heterocycles. The summed E-state index contributed by atoms with van der Waals surface area (Å²) in [5, 5.41) is 6.78. The predicted octanol–water partition coefficient (Wildman–Crippen LogP) is 2.73. The van der Waals surface area contributed by atoms with E-state index in [9.17, 15) is 0 Å². The molecule has 0 aromatic carbocycles. The first kappa shape index (κ1) is 16.6. The molecule has 0 spiro atoms. The van der Waals surface area contributed by atoms with Crippen LogP contribution in [0.1, 0.15) is 40.5 Å². The average molecular weight is 259 g/mol. The zero-order valence-electron chi connectivity index (χ0n) is 12.3. The normalized spacial score (nSPS) is 13.0. The van der Waals surface area contributed by atoms with Gasteiger partial charge in [0, 0.05) is 24.9 Å². The molecule has 0 fully saturated rings. The Morgan fingerprint density at radius 2 is 1.82 bits per heavy atom. The summed E-state index contributed by atoms with van der Waals surface area (Å²) < 4.78 is 0.243. The SMILES string of the molecule is CCC(CC)CNC(=NC)NCC(C)(C)SC. The van der Waals surface area contributed by atoms with E-state index in [2.05, 4.69) is 49.6 Å². The first-order valence-electron chi connectivity index (χ1n) is 6.48. The van der Waals surface area contributed by atoms with Crippen LogP contribution in [0.15, 0.2) is 4.99 Å². The van der Waals surface area contributed by atoms with Crippen LogP contribution >= 0.6 is 11.8 Å². The molecule has 0 aliphatic carbocycles. The molecular formula is C13H29N3S. The molecule has 102 valence electrons. The molecular weight excluding hydrogens is 230 g/mol. The Morgan fingerprint density at radius 1 is 1.24 bits per heavy atom. The molecule has 0 heterocycles. The van der Waals surface area contributed by atoms with Gasteiger partial charge in [0.25, 0.3) is 0 Å². The molecule has 0 aromatic rings. The van der Waals surface area contributed by atoms with Crippen molar-refractivity contribution in [1.29, 1.82) is 0 Å². The van der Waals surface area contributed by atoms with Crippen molar-refractivity contribution < 1.29 is 0 Å². The molecule has 0 unspecified atom stereocenters. The smallest absolute Gasteiger partial charge is 0.191 e. The Kier molecular flexibility index (Phi) is 8.48. The molecule has 0 radical (unpaired) electrons. The number of nitrogens with zero attached hydrogens (tertiary/aromatic N) is 1. The van der Waals surface area contributed by atoms with Gasteiger partial charge in [-0.25, -0.2) is 0 Å². The number of rotatable bonds is 7. The van der Waals surface area contributed by atoms with Crippen LogP contribution in [0, 0.1) is 5.92 Å². The van der Waals surface area contributed by atoms with Gasteiger partial charge in [0.2, 0.25) is 0 Å². The molecule has 0 saturated carbocycles. The Bertz CT molecular complexity index is 223. The molecule has 3 nitrogen and oxygen atoms in total. The van der Waals surface area contributed by atoms with Crippen molar-refractivity contribution in [3.8, 4) is 0 Å². The van der Waals surface area contributed by atoms with Crippen LogP contribution in [-0.2, 0) is 0 Å². The van der Waals surface area contributed by atoms with Crippen LogP contribution in [0.4, 0.5) is 0 Å². The van der Waals surface area contributed by atoms with E-state index < -0.39 is 0 Å². The second kappa shape index (κ2) is 8.67. The third kappa shape index (κ3) is 7.53. The molecule has 0 aromatic heterocycles. The highest BCUT2D eigenvalue weighted by Gasteiger charge is 2.16. The standard InChI is InChI=1S/C13H29N3S/c1-7-11(8-2)9-15-12(14-5)16-10-13(3,4)17-6/h11H,7-10H2,1-6H3,(H2,14,15,16). The lowest BCUT2D eigenvalue weighted by Gasteiger charge is -2.24. The maximum absolute atomic E-state index is 4.25. The van der Waals surface area contributed by atoms with Gasteiger partial charge < -0.3 is 10.6 Å². The van der Waals surface area contributed by atoms with Crippen LogP contribution < -0.4 is 10.6 Å². The molecule has 0 amide bonds. The Morgan fingerprint density at radius 3 is 2.24 bits per heavy atom. The van der Waals surface area contributed by atoms with Gasteiger partial charge in [-0.3, -0.25) is 4.99 Å². The highest BCUT2D eigenvalue weighted by Crippen LogP contribution is 2.19. The molecule has 17 heavy (non-hydrogen) atoms. The van der Waals surface area contributed by atoms with Crippen LogP contribution in [-0.4, -0.2) is 37.1 Å². The van der Waals surface area contributed by atoms with Gasteiger partial charge in [-0.1, -0.05) is 26.7 Å². The number of thioether (sulfide) groups is 1. The van der Waals surface area contributed by atoms with E-state index in [0.29, 0.717) is 0 Å². The molecule has 2 N–H and O–H groups in total. The van der Waals surface area contributed by atoms with Crippen LogP contribution in [0.3, 0.4) is 0 Å². The van der Waals surface area contributed by atoms with Crippen LogP contribution in [0.2, 0.25) is 0 Å². The summed E-state index contributed by atoms with van der Waals surface area (Å²) in [5.74, 6) is 1.65. The van der Waals surface area contributed by atoms with Gasteiger partial charge in [-0.05, 0) is 26.0 Å². The van der Waals surface area contributed by atoms with Crippen LogP contribution in [0.25, 0.3) is 0 Å². The Balaban J connectivity index is 4.02. The molecule has 4 heteroatoms. The lowest BCUT2D eigenvalue weighted by Crippen LogP contribution is -2.44. The maximum atomic E-state index is 4.25. The molecule has 0 atom stereocenters. The van der Waals surface area contributed by atoms with E-state index in [4.69, 9.17) is 0 Å². The van der Waals surface area contributed by atoms with Crippen molar-refractivity contribution in [3.05, 3.63) is 0 Å². The summed E-state index contributed by atoms with van der Waals surface area (Å²) in [4.78, 5) is 4.25. The Labute approximate surface area is 111 Å². The van der Waals surface area contributed by atoms with Gasteiger partial charge in [-0.15, -0.1) is 0 Å². The minimum atomic E-state index is 0.243. The first-order valence-corrected chi connectivity index (χ1v) is 7.71. The fourth-order valence-corrected chi connectivity index (χ4v) is 1.62. The second-order valence-corrected chi connectivity index (χ2v) is 6.47. The van der Waals surface area contributed by atoms with Crippen LogP contribution in [0.5, 0.6) is 0 Å². The quantitative estimate of drug-likeness (QED) is 0.545. The van der Waals surface area contributed by atoms with Crippen molar-refractivity contribution in [1.82, 2.24) is 10.6 Å². The number of aliphatic imine (C=N–C) groups is 1. The van der Waals surface area contributed by atoms with Crippen molar-refractivity contribution in [2.75, 3.05) is 26.4 Å². The topological polar surface area (TPSA) is 36.4 Å². The predicted molar refractivity (Wildman–Crippen MR) is 81.0 cm³/mol. The fraction of sp³-hybridized carbons (Fsp3) is 0.923. The molecule has 0 bridgehead atoms. The molecule has 0 saturated heterocycles. The van der Waals surface area contributed by atoms with Crippen molar-refractivity contribution in [2.24, 2.45) is 10.9 Å². The van der Waals surface area contributed by atoms with Gasteiger partial charge in [-0.2, -0.15) is 11.8 Å².